The first-order valence-corrected chi connectivity index (χ1v) is 12.0. The molecule has 0 saturated carbocycles. The van der Waals surface area contributed by atoms with E-state index in [2.05, 4.69) is 11.7 Å². The zero-order valence-corrected chi connectivity index (χ0v) is 18.5. The maximum atomic E-state index is 12.3. The third-order valence-corrected chi connectivity index (χ3v) is 6.01. The molecular weight excluding hydrogens is 391 g/mol. The molecule has 0 aromatic heterocycles. The molecule has 0 radical (unpaired) electrons. The maximum Gasteiger partial charge on any atom is 0.490 e. The predicted molar refractivity (Wildman–Crippen MR) is 109 cm³/mol. The molecule has 4 nitrogen and oxygen atoms in total. The van der Waals surface area contributed by atoms with Crippen LogP contribution in [0, 0.1) is 0 Å². The van der Waals surface area contributed by atoms with Crippen LogP contribution in [0.25, 0.3) is 0 Å². The lowest BCUT2D eigenvalue weighted by molar-refractivity contribution is -0.209. The summed E-state index contributed by atoms with van der Waals surface area (Å²) < 4.78 is 53.4. The Hall–Kier alpha value is -0.630. The van der Waals surface area contributed by atoms with Crippen molar-refractivity contribution in [1.82, 2.24) is 4.90 Å². The van der Waals surface area contributed by atoms with Gasteiger partial charge in [-0.15, -0.1) is 0 Å². The number of carbonyl (C=O) groups excluding carboxylic acids is 1. The van der Waals surface area contributed by atoms with Crippen LogP contribution in [-0.2, 0) is 20.3 Å². The van der Waals surface area contributed by atoms with Crippen LogP contribution in [0.3, 0.4) is 0 Å². The average molecular weight is 430 g/mol. The minimum atomic E-state index is -5.04. The molecule has 0 aliphatic heterocycles. The van der Waals surface area contributed by atoms with Gasteiger partial charge in [-0.1, -0.05) is 77.6 Å². The Morgan fingerprint density at radius 3 is 1.71 bits per heavy atom. The quantitative estimate of drug-likeness (QED) is 0.176. The summed E-state index contributed by atoms with van der Waals surface area (Å²) in [7, 11) is 1.68. The Balaban J connectivity index is 3.75. The number of carbonyl (C=O) groups is 1. The molecule has 0 heterocycles. The SMILES string of the molecule is CCCCCCCCCCCCCCS(=O)CC(OC(=O)C(F)(F)F)N(C)C. The number of halogens is 3. The summed E-state index contributed by atoms with van der Waals surface area (Å²) in [5, 5.41) is 0. The van der Waals surface area contributed by atoms with E-state index < -0.39 is 29.2 Å². The highest BCUT2D eigenvalue weighted by molar-refractivity contribution is 7.85. The summed E-state index contributed by atoms with van der Waals surface area (Å²) in [4.78, 5) is 12.3. The molecule has 0 saturated heterocycles. The summed E-state index contributed by atoms with van der Waals surface area (Å²) in [6.45, 7) is 2.22. The second-order valence-corrected chi connectivity index (χ2v) is 9.14. The van der Waals surface area contributed by atoms with Crippen molar-refractivity contribution in [1.29, 1.82) is 0 Å². The Kier molecular flexibility index (Phi) is 15.8. The summed E-state index contributed by atoms with van der Waals surface area (Å²) in [5.41, 5.74) is 0. The van der Waals surface area contributed by atoms with Crippen molar-refractivity contribution >= 4 is 16.8 Å². The number of unbranched alkanes of at least 4 members (excludes halogenated alkanes) is 11. The minimum absolute atomic E-state index is 0.104. The fourth-order valence-electron chi connectivity index (χ4n) is 2.83. The van der Waals surface area contributed by atoms with Gasteiger partial charge in [-0.2, -0.15) is 13.2 Å². The van der Waals surface area contributed by atoms with E-state index in [1.807, 2.05) is 0 Å². The first-order chi connectivity index (χ1) is 13.2. The highest BCUT2D eigenvalue weighted by Crippen LogP contribution is 2.18. The molecule has 0 aliphatic rings. The van der Waals surface area contributed by atoms with Crippen LogP contribution in [0.2, 0.25) is 0 Å². The number of hydrogen-bond donors (Lipinski definition) is 0. The molecule has 0 fully saturated rings. The van der Waals surface area contributed by atoms with Gasteiger partial charge in [0.25, 0.3) is 0 Å². The van der Waals surface area contributed by atoms with E-state index in [0.29, 0.717) is 5.75 Å². The highest BCUT2D eigenvalue weighted by atomic mass is 32.2. The number of hydrogen-bond acceptors (Lipinski definition) is 4. The molecule has 2 unspecified atom stereocenters. The van der Waals surface area contributed by atoms with Crippen molar-refractivity contribution in [2.75, 3.05) is 25.6 Å². The van der Waals surface area contributed by atoms with Gasteiger partial charge in [0.1, 0.15) is 0 Å². The number of esters is 1. The van der Waals surface area contributed by atoms with Gasteiger partial charge >= 0.3 is 12.1 Å². The Bertz CT molecular complexity index is 431. The second-order valence-electron chi connectivity index (χ2n) is 7.52. The summed E-state index contributed by atoms with van der Waals surface area (Å²) >= 11 is 0. The number of alkyl halides is 3. The van der Waals surface area contributed by atoms with E-state index in [0.717, 1.165) is 19.3 Å². The predicted octanol–water partition coefficient (Wildman–Crippen LogP) is 5.43. The highest BCUT2D eigenvalue weighted by Gasteiger charge is 2.42. The van der Waals surface area contributed by atoms with Crippen molar-refractivity contribution in [3.05, 3.63) is 0 Å². The number of ether oxygens (including phenoxy) is 1. The smallest absolute Gasteiger partial charge is 0.439 e. The molecule has 0 aromatic carbocycles. The van der Waals surface area contributed by atoms with Gasteiger partial charge in [0, 0.05) is 16.6 Å². The molecule has 0 spiro atoms. The molecule has 0 bridgehead atoms. The third kappa shape index (κ3) is 15.3. The zero-order chi connectivity index (χ0) is 21.4. The molecule has 2 atom stereocenters. The molecular formula is C20H38F3NO3S. The zero-order valence-electron chi connectivity index (χ0n) is 17.7. The molecule has 168 valence electrons. The van der Waals surface area contributed by atoms with Crippen LogP contribution in [0.4, 0.5) is 13.2 Å². The minimum Gasteiger partial charge on any atom is -0.439 e. The topological polar surface area (TPSA) is 46.6 Å². The molecule has 28 heavy (non-hydrogen) atoms. The number of rotatable bonds is 17. The van der Waals surface area contributed by atoms with Crippen molar-refractivity contribution in [3.63, 3.8) is 0 Å². The first-order valence-electron chi connectivity index (χ1n) is 10.5. The van der Waals surface area contributed by atoms with Gasteiger partial charge in [-0.3, -0.25) is 9.11 Å². The van der Waals surface area contributed by atoms with E-state index in [-0.39, 0.29) is 5.75 Å². The molecule has 0 N–H and O–H groups in total. The first kappa shape index (κ1) is 27.4. The van der Waals surface area contributed by atoms with E-state index in [1.54, 1.807) is 0 Å². The van der Waals surface area contributed by atoms with E-state index in [4.69, 9.17) is 0 Å². The molecule has 0 aliphatic carbocycles. The summed E-state index contributed by atoms with van der Waals surface area (Å²) in [6.07, 6.45) is 8.26. The normalized spacial score (nSPS) is 14.2. The number of nitrogens with zero attached hydrogens (tertiary/aromatic N) is 1. The van der Waals surface area contributed by atoms with Crippen LogP contribution in [0.5, 0.6) is 0 Å². The lowest BCUT2D eigenvalue weighted by atomic mass is 10.1. The van der Waals surface area contributed by atoms with E-state index in [9.17, 15) is 22.2 Å². The second kappa shape index (κ2) is 16.2. The monoisotopic (exact) mass is 429 g/mol. The molecule has 8 heteroatoms. The third-order valence-electron chi connectivity index (χ3n) is 4.60. The van der Waals surface area contributed by atoms with Crippen LogP contribution in [0.15, 0.2) is 0 Å². The summed E-state index contributed by atoms with van der Waals surface area (Å²) in [5.74, 6) is -1.92. The van der Waals surface area contributed by atoms with Crippen LogP contribution in [0.1, 0.15) is 84.0 Å². The van der Waals surface area contributed by atoms with Crippen LogP contribution < -0.4 is 0 Å². The van der Waals surface area contributed by atoms with Crippen molar-refractivity contribution in [2.24, 2.45) is 0 Å². The van der Waals surface area contributed by atoms with Gasteiger partial charge in [-0.05, 0) is 20.5 Å². The lowest BCUT2D eigenvalue weighted by Gasteiger charge is -2.24. The summed E-state index contributed by atoms with van der Waals surface area (Å²) in [6, 6.07) is 0. The van der Waals surface area contributed by atoms with Crippen molar-refractivity contribution in [3.8, 4) is 0 Å². The van der Waals surface area contributed by atoms with Gasteiger partial charge < -0.3 is 4.74 Å². The Labute approximate surface area is 171 Å². The maximum absolute atomic E-state index is 12.3. The van der Waals surface area contributed by atoms with Crippen molar-refractivity contribution in [2.45, 2.75) is 96.4 Å². The fourth-order valence-corrected chi connectivity index (χ4v) is 4.20. The molecule has 0 rings (SSSR count). The van der Waals surface area contributed by atoms with Gasteiger partial charge in [0.05, 0.1) is 5.75 Å². The Morgan fingerprint density at radius 1 is 0.893 bits per heavy atom. The Morgan fingerprint density at radius 2 is 1.32 bits per heavy atom. The van der Waals surface area contributed by atoms with Crippen LogP contribution in [-0.4, -0.2) is 53.1 Å². The van der Waals surface area contributed by atoms with E-state index >= 15 is 0 Å². The lowest BCUT2D eigenvalue weighted by Crippen LogP contribution is -2.41. The standard InChI is InChI=1S/C20H38F3NO3S/c1-4-5-6-7-8-9-10-11-12-13-14-15-16-28(26)17-18(24(2)3)27-19(25)20(21,22)23/h18H,4-17H2,1-3H3. The largest absolute Gasteiger partial charge is 0.490 e. The molecule has 0 aromatic rings. The van der Waals surface area contributed by atoms with Crippen LogP contribution >= 0.6 is 0 Å². The molecule has 0 amide bonds. The van der Waals surface area contributed by atoms with Gasteiger partial charge in [0.15, 0.2) is 6.23 Å². The van der Waals surface area contributed by atoms with Gasteiger partial charge in [0.2, 0.25) is 0 Å². The van der Waals surface area contributed by atoms with Gasteiger partial charge in [-0.25, -0.2) is 4.79 Å². The van der Waals surface area contributed by atoms with Crippen molar-refractivity contribution < 1.29 is 26.9 Å². The fraction of sp³-hybridized carbons (Fsp3) is 0.950. The average Bonchev–Trinajstić information content (AvgIpc) is 2.61. The van der Waals surface area contributed by atoms with E-state index in [1.165, 1.54) is 76.8 Å².